The lowest BCUT2D eigenvalue weighted by molar-refractivity contribution is -0.114. The van der Waals surface area contributed by atoms with Gasteiger partial charge in [0.05, 0.1) is 12.6 Å². The third-order valence-electron chi connectivity index (χ3n) is 3.87. The maximum absolute atomic E-state index is 12.1. The second-order valence-corrected chi connectivity index (χ2v) is 7.13. The number of carbonyl (C=O) groups excluding carboxylic acids is 1. The van der Waals surface area contributed by atoms with Crippen molar-refractivity contribution in [2.75, 3.05) is 30.4 Å². The number of hydrogen-bond acceptors (Lipinski definition) is 4. The van der Waals surface area contributed by atoms with Gasteiger partial charge in [0.2, 0.25) is 5.91 Å². The first kappa shape index (κ1) is 18.0. The molecule has 1 fully saturated rings. The molecule has 0 aromatic heterocycles. The summed E-state index contributed by atoms with van der Waals surface area (Å²) in [6, 6.07) is 15.3. The van der Waals surface area contributed by atoms with Crippen LogP contribution in [0.1, 0.15) is 12.8 Å². The summed E-state index contributed by atoms with van der Waals surface area (Å²) in [7, 11) is 0. The van der Waals surface area contributed by atoms with Crippen LogP contribution in [0.3, 0.4) is 0 Å². The van der Waals surface area contributed by atoms with Gasteiger partial charge in [-0.2, -0.15) is 0 Å². The molecule has 1 amide bonds. The highest BCUT2D eigenvalue weighted by molar-refractivity contribution is 14.1. The molecule has 0 spiro atoms. The molecular weight excluding hydrogens is 431 g/mol. The summed E-state index contributed by atoms with van der Waals surface area (Å²) in [5.74, 6) is 0.633. The Hall–Kier alpha value is -1.80. The molecule has 1 heterocycles. The minimum absolute atomic E-state index is 0.102. The van der Waals surface area contributed by atoms with Crippen LogP contribution in [0.2, 0.25) is 0 Å². The van der Waals surface area contributed by atoms with Crippen molar-refractivity contribution < 1.29 is 14.3 Å². The van der Waals surface area contributed by atoms with E-state index in [1.165, 1.54) is 0 Å². The molecule has 2 aromatic carbocycles. The van der Waals surface area contributed by atoms with Crippen LogP contribution < -0.4 is 15.4 Å². The van der Waals surface area contributed by atoms with Crippen LogP contribution in [-0.2, 0) is 9.53 Å². The van der Waals surface area contributed by atoms with Gasteiger partial charge in [0.15, 0.2) is 0 Å². The van der Waals surface area contributed by atoms with E-state index in [9.17, 15) is 4.79 Å². The molecular formula is C19H21IN2O3. The van der Waals surface area contributed by atoms with Crippen molar-refractivity contribution in [2.24, 2.45) is 0 Å². The summed E-state index contributed by atoms with van der Waals surface area (Å²) in [6.07, 6.45) is 2.31. The maximum Gasteiger partial charge on any atom is 0.243 e. The first-order valence-electron chi connectivity index (χ1n) is 8.33. The first-order chi connectivity index (χ1) is 12.2. The number of nitrogens with one attached hydrogen (secondary N) is 2. The predicted octanol–water partition coefficient (Wildman–Crippen LogP) is 3.90. The van der Waals surface area contributed by atoms with Gasteiger partial charge in [0.25, 0.3) is 0 Å². The molecule has 3 rings (SSSR count). The fourth-order valence-corrected chi connectivity index (χ4v) is 2.94. The van der Waals surface area contributed by atoms with E-state index in [1.807, 2.05) is 48.5 Å². The van der Waals surface area contributed by atoms with Crippen LogP contribution in [0.4, 0.5) is 11.4 Å². The smallest absolute Gasteiger partial charge is 0.243 e. The number of hydrogen-bond donors (Lipinski definition) is 2. The highest BCUT2D eigenvalue weighted by Crippen LogP contribution is 2.19. The Balaban J connectivity index is 1.47. The van der Waals surface area contributed by atoms with E-state index >= 15 is 0 Å². The number of carbonyl (C=O) groups is 1. The van der Waals surface area contributed by atoms with Gasteiger partial charge in [-0.3, -0.25) is 4.79 Å². The van der Waals surface area contributed by atoms with Gasteiger partial charge in [-0.1, -0.05) is 6.07 Å². The maximum atomic E-state index is 12.1. The zero-order chi connectivity index (χ0) is 17.5. The SMILES string of the molecule is O=C(CNc1ccc(I)cc1)Nc1cccc(OCC2CCCO2)c1. The van der Waals surface area contributed by atoms with Crippen LogP contribution in [-0.4, -0.2) is 31.8 Å². The molecule has 0 bridgehead atoms. The third-order valence-corrected chi connectivity index (χ3v) is 4.59. The van der Waals surface area contributed by atoms with Crippen molar-refractivity contribution in [3.05, 3.63) is 52.1 Å². The van der Waals surface area contributed by atoms with Crippen LogP contribution in [0.25, 0.3) is 0 Å². The summed E-state index contributed by atoms with van der Waals surface area (Å²) in [6.45, 7) is 1.57. The Bertz CT molecular complexity index is 700. The summed E-state index contributed by atoms with van der Waals surface area (Å²) in [5.41, 5.74) is 1.64. The Kier molecular flexibility index (Phi) is 6.52. The van der Waals surface area contributed by atoms with Crippen molar-refractivity contribution in [1.82, 2.24) is 0 Å². The van der Waals surface area contributed by atoms with Crippen molar-refractivity contribution >= 4 is 39.9 Å². The number of ether oxygens (including phenoxy) is 2. The fourth-order valence-electron chi connectivity index (χ4n) is 2.58. The molecule has 5 nitrogen and oxygen atoms in total. The lowest BCUT2D eigenvalue weighted by Crippen LogP contribution is -2.21. The molecule has 1 unspecified atom stereocenters. The quantitative estimate of drug-likeness (QED) is 0.626. The highest BCUT2D eigenvalue weighted by atomic mass is 127. The van der Waals surface area contributed by atoms with Gasteiger partial charge in [0, 0.05) is 27.6 Å². The van der Waals surface area contributed by atoms with E-state index < -0.39 is 0 Å². The van der Waals surface area contributed by atoms with E-state index in [-0.39, 0.29) is 18.6 Å². The van der Waals surface area contributed by atoms with Gasteiger partial charge in [-0.25, -0.2) is 0 Å². The number of benzene rings is 2. The molecule has 1 aliphatic rings. The highest BCUT2D eigenvalue weighted by Gasteiger charge is 2.16. The minimum atomic E-state index is -0.102. The van der Waals surface area contributed by atoms with Crippen LogP contribution in [0, 0.1) is 3.57 Å². The Morgan fingerprint density at radius 1 is 1.20 bits per heavy atom. The lowest BCUT2D eigenvalue weighted by atomic mass is 10.2. The van der Waals surface area contributed by atoms with Crippen molar-refractivity contribution in [1.29, 1.82) is 0 Å². The zero-order valence-electron chi connectivity index (χ0n) is 13.8. The van der Waals surface area contributed by atoms with Gasteiger partial charge >= 0.3 is 0 Å². The topological polar surface area (TPSA) is 59.6 Å². The van der Waals surface area contributed by atoms with Crippen molar-refractivity contribution in [3.63, 3.8) is 0 Å². The van der Waals surface area contributed by atoms with E-state index in [4.69, 9.17) is 9.47 Å². The molecule has 0 saturated carbocycles. The number of halogens is 1. The molecule has 0 aliphatic carbocycles. The lowest BCUT2D eigenvalue weighted by Gasteiger charge is -2.13. The van der Waals surface area contributed by atoms with Gasteiger partial charge < -0.3 is 20.1 Å². The Labute approximate surface area is 161 Å². The molecule has 1 atom stereocenters. The molecule has 1 saturated heterocycles. The summed E-state index contributed by atoms with van der Waals surface area (Å²) < 4.78 is 12.5. The molecule has 132 valence electrons. The van der Waals surface area contributed by atoms with E-state index in [2.05, 4.69) is 33.2 Å². The standard InChI is InChI=1S/C19H21IN2O3/c20-14-6-8-15(9-7-14)21-12-19(23)22-16-3-1-4-17(11-16)25-13-18-5-2-10-24-18/h1,3-4,6-9,11,18,21H,2,5,10,12-13H2,(H,22,23). The average molecular weight is 452 g/mol. The zero-order valence-corrected chi connectivity index (χ0v) is 16.0. The van der Waals surface area contributed by atoms with Crippen molar-refractivity contribution in [3.8, 4) is 5.75 Å². The summed E-state index contributed by atoms with van der Waals surface area (Å²) in [5, 5.41) is 5.98. The number of amides is 1. The monoisotopic (exact) mass is 452 g/mol. The summed E-state index contributed by atoms with van der Waals surface area (Å²) in [4.78, 5) is 12.1. The Morgan fingerprint density at radius 2 is 2.04 bits per heavy atom. The first-order valence-corrected chi connectivity index (χ1v) is 9.41. The van der Waals surface area contributed by atoms with Crippen LogP contribution in [0.5, 0.6) is 5.75 Å². The molecule has 2 aromatic rings. The minimum Gasteiger partial charge on any atom is -0.491 e. The molecule has 0 radical (unpaired) electrons. The van der Waals surface area contributed by atoms with E-state index in [0.29, 0.717) is 6.61 Å². The van der Waals surface area contributed by atoms with Gasteiger partial charge in [-0.15, -0.1) is 0 Å². The fraction of sp³-hybridized carbons (Fsp3) is 0.316. The average Bonchev–Trinajstić information content (AvgIpc) is 3.13. The van der Waals surface area contributed by atoms with E-state index in [0.717, 1.165) is 40.1 Å². The Morgan fingerprint density at radius 3 is 2.80 bits per heavy atom. The third kappa shape index (κ3) is 5.89. The normalized spacial score (nSPS) is 16.4. The number of anilines is 2. The molecule has 1 aliphatic heterocycles. The van der Waals surface area contributed by atoms with E-state index in [1.54, 1.807) is 0 Å². The second-order valence-electron chi connectivity index (χ2n) is 5.88. The molecule has 6 heteroatoms. The predicted molar refractivity (Wildman–Crippen MR) is 107 cm³/mol. The van der Waals surface area contributed by atoms with Crippen LogP contribution in [0.15, 0.2) is 48.5 Å². The largest absolute Gasteiger partial charge is 0.491 e. The second kappa shape index (κ2) is 9.05. The van der Waals surface area contributed by atoms with Crippen molar-refractivity contribution in [2.45, 2.75) is 18.9 Å². The number of rotatable bonds is 7. The van der Waals surface area contributed by atoms with Crippen LogP contribution >= 0.6 is 22.6 Å². The molecule has 2 N–H and O–H groups in total. The van der Waals surface area contributed by atoms with Gasteiger partial charge in [-0.05, 0) is 71.8 Å². The summed E-state index contributed by atoms with van der Waals surface area (Å²) >= 11 is 2.25. The molecule has 25 heavy (non-hydrogen) atoms. The van der Waals surface area contributed by atoms with Gasteiger partial charge in [0.1, 0.15) is 12.4 Å².